The Balaban J connectivity index is 0.00000676. The van der Waals surface area contributed by atoms with Crippen LogP contribution >= 0.6 is 21.6 Å². The molecule has 0 aliphatic heterocycles. The van der Waals surface area contributed by atoms with Crippen LogP contribution in [0.4, 0.5) is 0 Å². The molecule has 0 amide bonds. The first-order valence-electron chi connectivity index (χ1n) is 11.5. The summed E-state index contributed by atoms with van der Waals surface area (Å²) in [7, 11) is 3.37. The van der Waals surface area contributed by atoms with Gasteiger partial charge in [-0.1, -0.05) is 115 Å². The molecule has 0 aliphatic rings. The minimum atomic E-state index is 0. The number of hydrogen-bond acceptors (Lipinski definition) is 0. The lowest BCUT2D eigenvalue weighted by Gasteiger charge is -2.39. The number of benzene rings is 1. The molecule has 0 bridgehead atoms. The fourth-order valence-corrected chi connectivity index (χ4v) is 4.90. The average molecular weight is 413 g/mol. The van der Waals surface area contributed by atoms with E-state index in [1.165, 1.54) is 95.5 Å². The summed E-state index contributed by atoms with van der Waals surface area (Å²) < 4.78 is 0. The van der Waals surface area contributed by atoms with Crippen LogP contribution in [0, 0.1) is 5.92 Å². The Kier molecular flexibility index (Phi) is 16.8. The topological polar surface area (TPSA) is 0 Å². The molecule has 0 spiro atoms. The van der Waals surface area contributed by atoms with Gasteiger partial charge in [-0.3, -0.25) is 0 Å². The van der Waals surface area contributed by atoms with Gasteiger partial charge in [-0.05, 0) is 42.3 Å². The molecule has 0 saturated carbocycles. The molecule has 0 heterocycles. The summed E-state index contributed by atoms with van der Waals surface area (Å²) in [5, 5.41) is 0.436. The van der Waals surface area contributed by atoms with Gasteiger partial charge in [-0.2, -0.15) is 0 Å². The van der Waals surface area contributed by atoms with Crippen LogP contribution in [0.2, 0.25) is 0 Å². The molecule has 1 rings (SSSR count). The van der Waals surface area contributed by atoms with Crippen LogP contribution in [0.5, 0.6) is 0 Å². The Morgan fingerprint density at radius 1 is 0.741 bits per heavy atom. The first-order chi connectivity index (χ1) is 12.7. The second kappa shape index (κ2) is 16.9. The zero-order valence-corrected chi connectivity index (χ0v) is 20.3. The van der Waals surface area contributed by atoms with Crippen molar-refractivity contribution in [1.82, 2.24) is 0 Å². The van der Waals surface area contributed by atoms with E-state index in [0.29, 0.717) is 5.16 Å². The predicted octanol–water partition coefficient (Wildman–Crippen LogP) is 9.01. The van der Waals surface area contributed by atoms with Crippen molar-refractivity contribution in [2.45, 2.75) is 116 Å². The molecule has 0 N–H and O–H groups in total. The molecule has 158 valence electrons. The summed E-state index contributed by atoms with van der Waals surface area (Å²) in [5.74, 6) is 0.805. The lowest BCUT2D eigenvalue weighted by molar-refractivity contribution is 0.293. The summed E-state index contributed by atoms with van der Waals surface area (Å²) in [6, 6.07) is 11.2. The van der Waals surface area contributed by atoms with E-state index in [2.05, 4.69) is 60.3 Å². The molecule has 1 aromatic carbocycles. The normalized spacial score (nSPS) is 12.6. The zero-order chi connectivity index (χ0) is 19.1. The molecule has 2 unspecified atom stereocenters. The summed E-state index contributed by atoms with van der Waals surface area (Å²) in [5.41, 5.74) is 1.53. The highest BCUT2D eigenvalue weighted by atomic mass is 35.5. The monoisotopic (exact) mass is 412 g/mol. The van der Waals surface area contributed by atoms with Gasteiger partial charge in [0.05, 0.1) is 0 Å². The fraction of sp³-hybridized carbons (Fsp3) is 0.760. The van der Waals surface area contributed by atoms with Gasteiger partial charge in [0.1, 0.15) is 0 Å². The Morgan fingerprint density at radius 3 is 1.81 bits per heavy atom. The third kappa shape index (κ3) is 11.5. The van der Waals surface area contributed by atoms with Crippen LogP contribution in [0.25, 0.3) is 0 Å². The van der Waals surface area contributed by atoms with E-state index >= 15 is 0 Å². The van der Waals surface area contributed by atoms with Crippen molar-refractivity contribution in [2.75, 3.05) is 0 Å². The van der Waals surface area contributed by atoms with Crippen molar-refractivity contribution in [1.29, 1.82) is 0 Å². The van der Waals surface area contributed by atoms with Crippen LogP contribution in [0.15, 0.2) is 30.3 Å². The lowest BCUT2D eigenvalue weighted by atomic mass is 9.77. The first kappa shape index (κ1) is 26.9. The number of rotatable bonds is 16. The van der Waals surface area contributed by atoms with Gasteiger partial charge >= 0.3 is 0 Å². The average Bonchev–Trinajstić information content (AvgIpc) is 2.67. The molecular weight excluding hydrogens is 367 g/mol. The minimum absolute atomic E-state index is 0. The van der Waals surface area contributed by atoms with Crippen molar-refractivity contribution in [3.05, 3.63) is 35.9 Å². The molecule has 0 nitrogen and oxygen atoms in total. The van der Waals surface area contributed by atoms with E-state index in [1.54, 1.807) is 0 Å². The maximum Gasteiger partial charge on any atom is -0.0119 e. The van der Waals surface area contributed by atoms with Crippen LogP contribution < -0.4 is 0 Å². The third-order valence-electron chi connectivity index (χ3n) is 6.04. The van der Waals surface area contributed by atoms with E-state index in [-0.39, 0.29) is 12.4 Å². The van der Waals surface area contributed by atoms with Crippen LogP contribution in [-0.2, 0) is 6.42 Å². The quantitative estimate of drug-likeness (QED) is 0.187. The van der Waals surface area contributed by atoms with Gasteiger partial charge < -0.3 is 0 Å². The van der Waals surface area contributed by atoms with E-state index in [0.717, 1.165) is 5.92 Å². The van der Waals surface area contributed by atoms with Gasteiger partial charge in [0.25, 0.3) is 0 Å². The molecule has 2 atom stereocenters. The molecule has 0 aromatic heterocycles. The summed E-state index contributed by atoms with van der Waals surface area (Å²) >= 11 is 0. The first-order valence-corrected chi connectivity index (χ1v) is 12.1. The smallest absolute Gasteiger partial charge is 0.0119 e. The minimum Gasteiger partial charge on any atom is -0.147 e. The van der Waals surface area contributed by atoms with Crippen molar-refractivity contribution >= 4 is 21.6 Å². The highest BCUT2D eigenvalue weighted by Gasteiger charge is 2.32. The van der Waals surface area contributed by atoms with Crippen LogP contribution in [0.1, 0.15) is 110 Å². The van der Waals surface area contributed by atoms with Crippen molar-refractivity contribution in [2.24, 2.45) is 5.92 Å². The summed E-state index contributed by atoms with van der Waals surface area (Å²) in [6.07, 6.45) is 19.2. The number of hydrogen-bond donors (Lipinski definition) is 0. The van der Waals surface area contributed by atoms with E-state index in [9.17, 15) is 0 Å². The van der Waals surface area contributed by atoms with Crippen molar-refractivity contribution < 1.29 is 0 Å². The maximum atomic E-state index is 3.37. The molecule has 0 aliphatic carbocycles. The van der Waals surface area contributed by atoms with E-state index in [1.807, 2.05) is 0 Å². The van der Waals surface area contributed by atoms with Gasteiger partial charge in [0, 0.05) is 0 Å². The second-order valence-corrected chi connectivity index (χ2v) is 9.53. The number of unbranched alkanes of at least 4 members (excludes halogenated alkanes) is 7. The molecule has 1 aromatic rings. The fourth-order valence-electron chi connectivity index (χ4n) is 4.21. The Bertz CT molecular complexity index is 423. The third-order valence-corrected chi connectivity index (χ3v) is 7.08. The van der Waals surface area contributed by atoms with Gasteiger partial charge in [0.15, 0.2) is 0 Å². The molecule has 2 heteroatoms. The van der Waals surface area contributed by atoms with Crippen LogP contribution in [0.3, 0.4) is 0 Å². The highest BCUT2D eigenvalue weighted by Crippen LogP contribution is 2.42. The molecular formula is C25H46ClP. The highest BCUT2D eigenvalue weighted by molar-refractivity contribution is 7.19. The number of halogens is 1. The molecule has 27 heavy (non-hydrogen) atoms. The second-order valence-electron chi connectivity index (χ2n) is 8.38. The molecule has 0 fully saturated rings. The summed E-state index contributed by atoms with van der Waals surface area (Å²) in [4.78, 5) is 0. The van der Waals surface area contributed by atoms with Gasteiger partial charge in [0.2, 0.25) is 0 Å². The zero-order valence-electron chi connectivity index (χ0n) is 18.3. The standard InChI is InChI=1S/C25H45P.ClH/c1-4-7-10-11-12-16-19-24(22-23-17-14-13-15-18-23)25(26,20-8-5-2)21-9-6-3;/h13-15,17-18,24H,4-12,16,19-22,26H2,1-3H3;1H. The molecule has 0 saturated heterocycles. The predicted molar refractivity (Wildman–Crippen MR) is 130 cm³/mol. The lowest BCUT2D eigenvalue weighted by Crippen LogP contribution is -2.33. The Labute approximate surface area is 179 Å². The largest absolute Gasteiger partial charge is 0.147 e. The summed E-state index contributed by atoms with van der Waals surface area (Å²) in [6.45, 7) is 6.98. The SMILES string of the molecule is CCCCCCCCC(Cc1ccccc1)C(P)(CCCC)CCCC.Cl. The molecule has 0 radical (unpaired) electrons. The van der Waals surface area contributed by atoms with Crippen LogP contribution in [-0.4, -0.2) is 5.16 Å². The Hall–Kier alpha value is -0.0600. The Morgan fingerprint density at radius 2 is 1.26 bits per heavy atom. The van der Waals surface area contributed by atoms with Gasteiger partial charge in [-0.25, -0.2) is 0 Å². The van der Waals surface area contributed by atoms with Gasteiger partial charge in [-0.15, -0.1) is 21.6 Å². The van der Waals surface area contributed by atoms with E-state index < -0.39 is 0 Å². The van der Waals surface area contributed by atoms with E-state index in [4.69, 9.17) is 0 Å². The van der Waals surface area contributed by atoms with Crippen molar-refractivity contribution in [3.63, 3.8) is 0 Å². The maximum absolute atomic E-state index is 3.37. The van der Waals surface area contributed by atoms with Crippen molar-refractivity contribution in [3.8, 4) is 0 Å².